The van der Waals surface area contributed by atoms with Gasteiger partial charge in [0.15, 0.2) is 0 Å². The van der Waals surface area contributed by atoms with Gasteiger partial charge in [-0.05, 0) is 18.6 Å². The zero-order chi connectivity index (χ0) is 19.5. The molecule has 0 heterocycles. The van der Waals surface area contributed by atoms with Crippen molar-refractivity contribution in [2.45, 2.75) is 82.5 Å². The number of hydrogen-bond acceptors (Lipinski definition) is 3. The lowest BCUT2D eigenvalue weighted by Crippen LogP contribution is -2.47. The molecular weight excluding hydrogens is 397 g/mol. The van der Waals surface area contributed by atoms with Crippen molar-refractivity contribution in [1.82, 2.24) is 0 Å². The minimum atomic E-state index is -1.33. The summed E-state index contributed by atoms with van der Waals surface area (Å²) in [5.74, 6) is 0. The van der Waals surface area contributed by atoms with Gasteiger partial charge in [-0.2, -0.15) is 0 Å². The van der Waals surface area contributed by atoms with Gasteiger partial charge in [0.2, 0.25) is 0 Å². The largest absolute Gasteiger partial charge is 0.394 e. The molecule has 158 valence electrons. The molecule has 6 heteroatoms. The third-order valence-electron chi connectivity index (χ3n) is 5.48. The first-order valence-corrected chi connectivity index (χ1v) is 13.7. The fourth-order valence-corrected chi connectivity index (χ4v) is 5.98. The molecule has 1 rings (SSSR count). The van der Waals surface area contributed by atoms with Gasteiger partial charge in [-0.15, -0.1) is 12.4 Å². The Labute approximate surface area is 178 Å². The predicted molar refractivity (Wildman–Crippen MR) is 123 cm³/mol. The molecule has 0 unspecified atom stereocenters. The van der Waals surface area contributed by atoms with Gasteiger partial charge in [-0.25, -0.2) is 0 Å². The molecule has 0 aliphatic rings. The van der Waals surface area contributed by atoms with E-state index in [1.54, 1.807) is 0 Å². The van der Waals surface area contributed by atoms with Crippen LogP contribution in [0.1, 0.15) is 57.8 Å². The van der Waals surface area contributed by atoms with E-state index in [9.17, 15) is 0 Å². The Kier molecular flexibility index (Phi) is 13.9. The fourth-order valence-electron chi connectivity index (χ4n) is 3.36. The molecule has 3 nitrogen and oxygen atoms in total. The van der Waals surface area contributed by atoms with Gasteiger partial charge in [0.25, 0.3) is 0 Å². The molecule has 0 fully saturated rings. The summed E-state index contributed by atoms with van der Waals surface area (Å²) < 4.78 is 0. The van der Waals surface area contributed by atoms with Gasteiger partial charge in [-0.3, -0.25) is 0 Å². The molecule has 0 atom stereocenters. The molecule has 0 amide bonds. The standard InChI is InChI=1S/C21H38ClNO2Si.ClH/c1-26(2,20-13-11-19(22)12-14-20)16-10-8-6-4-3-5-7-9-15-21(23,17-24)18-25;/h11-14,24-25H,3-10,15-18,23H2,1-2H3;1H. The first-order valence-electron chi connectivity index (χ1n) is 10.1. The van der Waals surface area contributed by atoms with Crippen molar-refractivity contribution in [1.29, 1.82) is 0 Å². The van der Waals surface area contributed by atoms with Gasteiger partial charge in [0, 0.05) is 5.02 Å². The van der Waals surface area contributed by atoms with Crippen molar-refractivity contribution < 1.29 is 10.2 Å². The summed E-state index contributed by atoms with van der Waals surface area (Å²) in [4.78, 5) is 0. The minimum Gasteiger partial charge on any atom is -0.394 e. The maximum absolute atomic E-state index is 9.16. The SMILES string of the molecule is C[Si](C)(CCCCCCCCCCC(N)(CO)CO)c1ccc(Cl)cc1.Cl. The monoisotopic (exact) mass is 435 g/mol. The lowest BCUT2D eigenvalue weighted by molar-refractivity contribution is 0.112. The molecule has 0 aliphatic heterocycles. The van der Waals surface area contributed by atoms with Crippen molar-refractivity contribution in [2.24, 2.45) is 5.73 Å². The molecule has 4 N–H and O–H groups in total. The Bertz CT molecular complexity index is 493. The van der Waals surface area contributed by atoms with E-state index >= 15 is 0 Å². The molecule has 0 bridgehead atoms. The first kappa shape index (κ1) is 26.9. The van der Waals surface area contributed by atoms with Crippen LogP contribution in [-0.2, 0) is 0 Å². The molecule has 1 aromatic rings. The van der Waals surface area contributed by atoms with Gasteiger partial charge >= 0.3 is 0 Å². The summed E-state index contributed by atoms with van der Waals surface area (Å²) in [6.45, 7) is 4.62. The van der Waals surface area contributed by atoms with Crippen LogP contribution in [0, 0.1) is 0 Å². The number of aliphatic hydroxyl groups is 2. The number of benzene rings is 1. The average Bonchev–Trinajstić information content (AvgIpc) is 2.63. The van der Waals surface area contributed by atoms with Crippen LogP contribution in [0.5, 0.6) is 0 Å². The van der Waals surface area contributed by atoms with E-state index in [0.717, 1.165) is 17.9 Å². The smallest absolute Gasteiger partial charge is 0.0806 e. The summed E-state index contributed by atoms with van der Waals surface area (Å²) in [6, 6.07) is 9.79. The van der Waals surface area contributed by atoms with Gasteiger partial charge in [0.05, 0.1) is 26.8 Å². The second kappa shape index (κ2) is 14.0. The van der Waals surface area contributed by atoms with E-state index in [-0.39, 0.29) is 25.6 Å². The van der Waals surface area contributed by atoms with Crippen LogP contribution >= 0.6 is 24.0 Å². The highest BCUT2D eigenvalue weighted by atomic mass is 35.5. The quantitative estimate of drug-likeness (QED) is 0.288. The number of aliphatic hydroxyl groups excluding tert-OH is 2. The van der Waals surface area contributed by atoms with Crippen molar-refractivity contribution in [3.63, 3.8) is 0 Å². The maximum atomic E-state index is 9.16. The van der Waals surface area contributed by atoms with E-state index in [2.05, 4.69) is 25.2 Å². The molecule has 0 aromatic heterocycles. The third-order valence-corrected chi connectivity index (χ3v) is 9.23. The molecule has 27 heavy (non-hydrogen) atoms. The van der Waals surface area contributed by atoms with E-state index in [1.807, 2.05) is 12.1 Å². The number of hydrogen-bond donors (Lipinski definition) is 3. The zero-order valence-electron chi connectivity index (χ0n) is 17.1. The molecule has 0 radical (unpaired) electrons. The Morgan fingerprint density at radius 1 is 0.852 bits per heavy atom. The van der Waals surface area contributed by atoms with Crippen LogP contribution in [0.2, 0.25) is 24.2 Å². The van der Waals surface area contributed by atoms with Crippen molar-refractivity contribution >= 4 is 37.3 Å². The number of halogens is 2. The van der Waals surface area contributed by atoms with Crippen LogP contribution in [-0.4, -0.2) is 37.0 Å². The minimum absolute atomic E-state index is 0. The lowest BCUT2D eigenvalue weighted by atomic mass is 9.94. The van der Waals surface area contributed by atoms with Crippen molar-refractivity contribution in [3.05, 3.63) is 29.3 Å². The Balaban J connectivity index is 0.00000676. The highest BCUT2D eigenvalue weighted by Crippen LogP contribution is 2.18. The van der Waals surface area contributed by atoms with Crippen LogP contribution in [0.4, 0.5) is 0 Å². The molecule has 0 saturated carbocycles. The van der Waals surface area contributed by atoms with Gasteiger partial charge in [-0.1, -0.05) is 99.4 Å². The Morgan fingerprint density at radius 2 is 1.30 bits per heavy atom. The van der Waals surface area contributed by atoms with Gasteiger partial charge < -0.3 is 15.9 Å². The van der Waals surface area contributed by atoms with E-state index in [4.69, 9.17) is 27.5 Å². The second-order valence-corrected chi connectivity index (χ2v) is 13.7. The average molecular weight is 437 g/mol. The van der Waals surface area contributed by atoms with Crippen molar-refractivity contribution in [3.8, 4) is 0 Å². The number of unbranched alkanes of at least 4 members (excludes halogenated alkanes) is 7. The number of nitrogens with two attached hydrogens (primary N) is 1. The van der Waals surface area contributed by atoms with E-state index in [1.165, 1.54) is 49.8 Å². The Morgan fingerprint density at radius 3 is 1.78 bits per heavy atom. The zero-order valence-corrected chi connectivity index (χ0v) is 19.6. The molecule has 0 spiro atoms. The summed E-state index contributed by atoms with van der Waals surface area (Å²) in [5.41, 5.74) is 5.08. The van der Waals surface area contributed by atoms with Crippen LogP contribution < -0.4 is 10.9 Å². The van der Waals surface area contributed by atoms with Crippen LogP contribution in [0.3, 0.4) is 0 Å². The molecule has 0 saturated heterocycles. The van der Waals surface area contributed by atoms with Crippen LogP contribution in [0.25, 0.3) is 0 Å². The third kappa shape index (κ3) is 10.9. The Hall–Kier alpha value is -0.103. The van der Waals surface area contributed by atoms with Crippen molar-refractivity contribution in [2.75, 3.05) is 13.2 Å². The predicted octanol–water partition coefficient (Wildman–Crippen LogP) is 4.87. The molecular formula is C21H39Cl2NO2Si. The fraction of sp³-hybridized carbons (Fsp3) is 0.714. The highest BCUT2D eigenvalue weighted by molar-refractivity contribution is 6.89. The molecule has 1 aromatic carbocycles. The topological polar surface area (TPSA) is 66.5 Å². The van der Waals surface area contributed by atoms with E-state index in [0.29, 0.717) is 6.42 Å². The van der Waals surface area contributed by atoms with Crippen LogP contribution in [0.15, 0.2) is 24.3 Å². The summed E-state index contributed by atoms with van der Waals surface area (Å²) >= 11 is 5.99. The molecule has 0 aliphatic carbocycles. The normalized spacial score (nSPS) is 12.1. The summed E-state index contributed by atoms with van der Waals surface area (Å²) in [6.07, 6.45) is 10.6. The second-order valence-electron chi connectivity index (χ2n) is 8.40. The lowest BCUT2D eigenvalue weighted by Gasteiger charge is -2.24. The number of rotatable bonds is 14. The summed E-state index contributed by atoms with van der Waals surface area (Å²) in [5, 5.41) is 20.7. The van der Waals surface area contributed by atoms with E-state index < -0.39 is 13.6 Å². The summed E-state index contributed by atoms with van der Waals surface area (Å²) in [7, 11) is -1.33. The van der Waals surface area contributed by atoms with Gasteiger partial charge in [0.1, 0.15) is 0 Å². The maximum Gasteiger partial charge on any atom is 0.0806 e. The first-order chi connectivity index (χ1) is 12.3. The highest BCUT2D eigenvalue weighted by Gasteiger charge is 2.23.